The molecule has 0 radical (unpaired) electrons. The normalized spacial score (nSPS) is 15.1. The van der Waals surface area contributed by atoms with Crippen LogP contribution in [0, 0.1) is 0 Å². The van der Waals surface area contributed by atoms with Gasteiger partial charge in [-0.05, 0) is 30.7 Å². The van der Waals surface area contributed by atoms with Crippen molar-refractivity contribution in [2.24, 2.45) is 5.14 Å². The Labute approximate surface area is 189 Å². The molecule has 2 heterocycles. The molecule has 176 valence electrons. The third-order valence-corrected chi connectivity index (χ3v) is 6.47. The van der Waals surface area contributed by atoms with Crippen LogP contribution in [0.15, 0.2) is 53.4 Å². The summed E-state index contributed by atoms with van der Waals surface area (Å²) in [5.74, 6) is 0. The zero-order valence-corrected chi connectivity index (χ0v) is 18.7. The smallest absolute Gasteiger partial charge is 0.378 e. The number of primary sulfonamides is 1. The number of aryl methyl sites for hydroxylation is 1. The van der Waals surface area contributed by atoms with Crippen molar-refractivity contribution >= 4 is 15.7 Å². The molecule has 11 heteroatoms. The summed E-state index contributed by atoms with van der Waals surface area (Å²) in [6.45, 7) is 4.03. The fourth-order valence-electron chi connectivity index (χ4n) is 4.01. The topological polar surface area (TPSA) is 90.5 Å². The number of hydrogen-bond acceptors (Lipinski definition) is 5. The van der Waals surface area contributed by atoms with Gasteiger partial charge < -0.3 is 9.64 Å². The molecule has 0 atom stereocenters. The van der Waals surface area contributed by atoms with Crippen LogP contribution in [-0.2, 0) is 27.5 Å². The molecule has 0 spiro atoms. The monoisotopic (exact) mass is 480 g/mol. The minimum Gasteiger partial charge on any atom is -0.378 e. The first-order chi connectivity index (χ1) is 15.6. The van der Waals surface area contributed by atoms with Crippen molar-refractivity contribution in [2.45, 2.75) is 24.5 Å². The van der Waals surface area contributed by atoms with Gasteiger partial charge in [-0.1, -0.05) is 30.3 Å². The zero-order chi connectivity index (χ0) is 23.8. The summed E-state index contributed by atoms with van der Waals surface area (Å²) in [7, 11) is -4.20. The van der Waals surface area contributed by atoms with Crippen molar-refractivity contribution in [1.29, 1.82) is 0 Å². The standard InChI is InChI=1S/C22H23F3N4O3S/c1-2-29-21(22(23,24)25)19(15-7-9-16(10-8-15)28-11-13-32-14-12-28)20(27-29)17-5-3-4-6-18(17)33(26,30)31/h3-10H,2,11-14H2,1H3,(H2,26,30,31). The summed E-state index contributed by atoms with van der Waals surface area (Å²) in [5, 5.41) is 9.53. The summed E-state index contributed by atoms with van der Waals surface area (Å²) in [4.78, 5) is 1.80. The highest BCUT2D eigenvalue weighted by molar-refractivity contribution is 7.89. The molecule has 4 rings (SSSR count). The van der Waals surface area contributed by atoms with Crippen LogP contribution in [0.2, 0.25) is 0 Å². The van der Waals surface area contributed by atoms with E-state index in [4.69, 9.17) is 9.88 Å². The van der Waals surface area contributed by atoms with Crippen LogP contribution in [-0.4, -0.2) is 44.5 Å². The lowest BCUT2D eigenvalue weighted by Gasteiger charge is -2.29. The van der Waals surface area contributed by atoms with E-state index >= 15 is 0 Å². The Morgan fingerprint density at radius 1 is 1.06 bits per heavy atom. The third kappa shape index (κ3) is 4.61. The molecule has 1 fully saturated rings. The molecule has 2 N–H and O–H groups in total. The van der Waals surface area contributed by atoms with Gasteiger partial charge in [-0.15, -0.1) is 0 Å². The molecule has 0 unspecified atom stereocenters. The quantitative estimate of drug-likeness (QED) is 0.601. The van der Waals surface area contributed by atoms with Crippen molar-refractivity contribution in [2.75, 3.05) is 31.2 Å². The summed E-state index contributed by atoms with van der Waals surface area (Å²) in [6.07, 6.45) is -4.71. The van der Waals surface area contributed by atoms with E-state index in [1.807, 2.05) is 0 Å². The van der Waals surface area contributed by atoms with E-state index in [0.29, 0.717) is 26.3 Å². The lowest BCUT2D eigenvalue weighted by molar-refractivity contribution is -0.143. The van der Waals surface area contributed by atoms with E-state index in [1.165, 1.54) is 24.3 Å². The lowest BCUT2D eigenvalue weighted by Crippen LogP contribution is -2.36. The van der Waals surface area contributed by atoms with Crippen molar-refractivity contribution in [1.82, 2.24) is 9.78 Å². The summed E-state index contributed by atoms with van der Waals surface area (Å²) < 4.78 is 73.1. The van der Waals surface area contributed by atoms with Crippen LogP contribution < -0.4 is 10.0 Å². The Hall–Kier alpha value is -2.89. The Kier molecular flexibility index (Phi) is 6.21. The first kappa shape index (κ1) is 23.3. The van der Waals surface area contributed by atoms with Crippen LogP contribution in [0.4, 0.5) is 18.9 Å². The number of rotatable bonds is 5. The van der Waals surface area contributed by atoms with Gasteiger partial charge in [0.05, 0.1) is 18.1 Å². The van der Waals surface area contributed by atoms with Gasteiger partial charge in [-0.25, -0.2) is 13.6 Å². The highest BCUT2D eigenvalue weighted by Gasteiger charge is 2.41. The van der Waals surface area contributed by atoms with E-state index in [-0.39, 0.29) is 33.8 Å². The molecular weight excluding hydrogens is 457 g/mol. The van der Waals surface area contributed by atoms with Gasteiger partial charge in [0.1, 0.15) is 5.69 Å². The van der Waals surface area contributed by atoms with Gasteiger partial charge in [-0.3, -0.25) is 4.68 Å². The maximum absolute atomic E-state index is 14.2. The molecule has 0 amide bonds. The number of anilines is 1. The van der Waals surface area contributed by atoms with Gasteiger partial charge in [0.2, 0.25) is 10.0 Å². The average molecular weight is 481 g/mol. The first-order valence-electron chi connectivity index (χ1n) is 10.3. The van der Waals surface area contributed by atoms with Crippen LogP contribution in [0.5, 0.6) is 0 Å². The second-order valence-corrected chi connectivity index (χ2v) is 9.10. The zero-order valence-electron chi connectivity index (χ0n) is 17.8. The Balaban J connectivity index is 1.93. The number of alkyl halides is 3. The Bertz CT molecular complexity index is 1250. The van der Waals surface area contributed by atoms with Crippen LogP contribution in [0.25, 0.3) is 22.4 Å². The van der Waals surface area contributed by atoms with Crippen LogP contribution >= 0.6 is 0 Å². The largest absolute Gasteiger partial charge is 0.433 e. The van der Waals surface area contributed by atoms with Crippen LogP contribution in [0.3, 0.4) is 0 Å². The van der Waals surface area contributed by atoms with E-state index < -0.39 is 21.9 Å². The number of ether oxygens (including phenoxy) is 1. The highest BCUT2D eigenvalue weighted by Crippen LogP contribution is 2.44. The lowest BCUT2D eigenvalue weighted by atomic mass is 9.98. The molecule has 0 bridgehead atoms. The van der Waals surface area contributed by atoms with Gasteiger partial charge in [-0.2, -0.15) is 18.3 Å². The SMILES string of the molecule is CCn1nc(-c2ccccc2S(N)(=O)=O)c(-c2ccc(N3CCOCC3)cc2)c1C(F)(F)F. The second kappa shape index (κ2) is 8.81. The number of nitrogens with two attached hydrogens (primary N) is 1. The average Bonchev–Trinajstić information content (AvgIpc) is 3.19. The minimum absolute atomic E-state index is 0.0185. The predicted molar refractivity (Wildman–Crippen MR) is 118 cm³/mol. The van der Waals surface area contributed by atoms with Crippen molar-refractivity contribution in [3.63, 3.8) is 0 Å². The highest BCUT2D eigenvalue weighted by atomic mass is 32.2. The number of morpholine rings is 1. The summed E-state index contributed by atoms with van der Waals surface area (Å²) >= 11 is 0. The van der Waals surface area contributed by atoms with Gasteiger partial charge in [0, 0.05) is 36.4 Å². The molecule has 7 nitrogen and oxygen atoms in total. The molecule has 3 aromatic rings. The molecule has 2 aromatic carbocycles. The third-order valence-electron chi connectivity index (χ3n) is 5.50. The Morgan fingerprint density at radius 3 is 2.27 bits per heavy atom. The molecule has 1 aliphatic heterocycles. The van der Waals surface area contributed by atoms with E-state index in [2.05, 4.69) is 10.00 Å². The number of nitrogens with zero attached hydrogens (tertiary/aromatic N) is 3. The van der Waals surface area contributed by atoms with E-state index in [1.54, 1.807) is 31.2 Å². The number of benzene rings is 2. The fourth-order valence-corrected chi connectivity index (χ4v) is 4.75. The molecule has 1 aromatic heterocycles. The molecule has 1 aliphatic rings. The number of hydrogen-bond donors (Lipinski definition) is 1. The van der Waals surface area contributed by atoms with Crippen molar-refractivity contribution < 1.29 is 26.3 Å². The molecular formula is C22H23F3N4O3S. The molecule has 0 saturated carbocycles. The maximum atomic E-state index is 14.2. The van der Waals surface area contributed by atoms with Gasteiger partial charge in [0.15, 0.2) is 5.69 Å². The van der Waals surface area contributed by atoms with Gasteiger partial charge in [0.25, 0.3) is 0 Å². The Morgan fingerprint density at radius 2 is 1.70 bits per heavy atom. The second-order valence-electron chi connectivity index (χ2n) is 7.57. The molecule has 1 saturated heterocycles. The first-order valence-corrected chi connectivity index (χ1v) is 11.9. The number of sulfonamides is 1. The summed E-state index contributed by atoms with van der Waals surface area (Å²) in [5.41, 5.74) is -0.0570. The molecule has 0 aliphatic carbocycles. The maximum Gasteiger partial charge on any atom is 0.433 e. The number of halogens is 3. The van der Waals surface area contributed by atoms with E-state index in [9.17, 15) is 21.6 Å². The summed E-state index contributed by atoms with van der Waals surface area (Å²) in [6, 6.07) is 12.4. The van der Waals surface area contributed by atoms with Crippen molar-refractivity contribution in [3.8, 4) is 22.4 Å². The van der Waals surface area contributed by atoms with Gasteiger partial charge >= 0.3 is 6.18 Å². The van der Waals surface area contributed by atoms with E-state index in [0.717, 1.165) is 10.4 Å². The number of aromatic nitrogens is 2. The van der Waals surface area contributed by atoms with Crippen molar-refractivity contribution in [3.05, 3.63) is 54.2 Å². The molecule has 33 heavy (non-hydrogen) atoms. The minimum atomic E-state index is -4.71. The predicted octanol–water partition coefficient (Wildman–Crippen LogP) is 3.74. The fraction of sp³-hybridized carbons (Fsp3) is 0.318. The van der Waals surface area contributed by atoms with Crippen LogP contribution in [0.1, 0.15) is 12.6 Å².